The topological polar surface area (TPSA) is 92.5 Å². The van der Waals surface area contributed by atoms with E-state index in [-0.39, 0.29) is 35.5 Å². The van der Waals surface area contributed by atoms with E-state index in [1.54, 1.807) is 0 Å². The molecule has 2 rings (SSSR count). The van der Waals surface area contributed by atoms with Gasteiger partial charge >= 0.3 is 0 Å². The Kier molecular flexibility index (Phi) is 9.15. The molecule has 0 bridgehead atoms. The van der Waals surface area contributed by atoms with Crippen LogP contribution in [0.4, 0.5) is 0 Å². The quantitative estimate of drug-likeness (QED) is 0.689. The number of nitrogens with one attached hydrogen (secondary N) is 1. The van der Waals surface area contributed by atoms with Gasteiger partial charge in [0.25, 0.3) is 0 Å². The molecule has 0 aromatic heterocycles. The number of halogens is 1. The summed E-state index contributed by atoms with van der Waals surface area (Å²) in [5.74, 6) is 0.364. The molecule has 0 aromatic carbocycles. The van der Waals surface area contributed by atoms with Gasteiger partial charge < -0.3 is 10.6 Å². The van der Waals surface area contributed by atoms with Crippen LogP contribution < -0.4 is 10.5 Å². The third kappa shape index (κ3) is 6.70. The highest BCUT2D eigenvalue weighted by atomic mass is 35.5. The van der Waals surface area contributed by atoms with E-state index in [0.717, 1.165) is 12.8 Å². The van der Waals surface area contributed by atoms with Crippen molar-refractivity contribution in [1.82, 2.24) is 9.62 Å². The number of carbonyl (C=O) groups excluding carboxylic acids is 1. The SMILES string of the molecule is CCCS(=O)(=O)NC1CCN(C(=O)CC2(CN)CCCCC2)CC1.Cl. The van der Waals surface area contributed by atoms with Crippen LogP contribution >= 0.6 is 12.4 Å². The molecule has 0 radical (unpaired) electrons. The number of rotatable bonds is 7. The van der Waals surface area contributed by atoms with E-state index in [1.165, 1.54) is 19.3 Å². The van der Waals surface area contributed by atoms with Gasteiger partial charge in [-0.05, 0) is 44.1 Å². The first-order valence-electron chi connectivity index (χ1n) is 9.37. The van der Waals surface area contributed by atoms with Crippen molar-refractivity contribution in [2.75, 3.05) is 25.4 Å². The van der Waals surface area contributed by atoms with Gasteiger partial charge in [-0.25, -0.2) is 13.1 Å². The first kappa shape index (κ1) is 22.7. The minimum absolute atomic E-state index is 0. The van der Waals surface area contributed by atoms with Gasteiger partial charge in [-0.1, -0.05) is 26.2 Å². The van der Waals surface area contributed by atoms with Crippen molar-refractivity contribution in [2.45, 2.75) is 70.8 Å². The maximum Gasteiger partial charge on any atom is 0.223 e. The van der Waals surface area contributed by atoms with Gasteiger partial charge in [0.15, 0.2) is 0 Å². The minimum atomic E-state index is -3.18. The number of carbonyl (C=O) groups is 1. The number of hydrogen-bond acceptors (Lipinski definition) is 4. The van der Waals surface area contributed by atoms with Gasteiger partial charge in [0.2, 0.25) is 15.9 Å². The van der Waals surface area contributed by atoms with Crippen molar-refractivity contribution in [2.24, 2.45) is 11.1 Å². The molecule has 2 aliphatic rings. The molecule has 0 unspecified atom stereocenters. The van der Waals surface area contributed by atoms with E-state index < -0.39 is 10.0 Å². The molecule has 0 spiro atoms. The molecule has 3 N–H and O–H groups in total. The summed E-state index contributed by atoms with van der Waals surface area (Å²) in [5.41, 5.74) is 5.98. The van der Waals surface area contributed by atoms with Gasteiger partial charge in [-0.15, -0.1) is 12.4 Å². The normalized spacial score (nSPS) is 21.6. The van der Waals surface area contributed by atoms with Crippen LogP contribution in [-0.2, 0) is 14.8 Å². The van der Waals surface area contributed by atoms with Gasteiger partial charge in [-0.2, -0.15) is 0 Å². The highest BCUT2D eigenvalue weighted by Gasteiger charge is 2.35. The summed E-state index contributed by atoms with van der Waals surface area (Å²) < 4.78 is 26.5. The van der Waals surface area contributed by atoms with E-state index in [4.69, 9.17) is 5.73 Å². The monoisotopic (exact) mass is 395 g/mol. The van der Waals surface area contributed by atoms with Gasteiger partial charge in [0.1, 0.15) is 0 Å². The van der Waals surface area contributed by atoms with Gasteiger partial charge in [0.05, 0.1) is 5.75 Å². The first-order chi connectivity index (χ1) is 11.4. The Morgan fingerprint density at radius 1 is 1.20 bits per heavy atom. The molecule has 0 aromatic rings. The second-order valence-electron chi connectivity index (χ2n) is 7.53. The summed E-state index contributed by atoms with van der Waals surface area (Å²) in [6.07, 6.45) is 8.28. The zero-order chi connectivity index (χ0) is 17.6. The molecule has 1 heterocycles. The second kappa shape index (κ2) is 10.1. The molecule has 1 saturated carbocycles. The average Bonchev–Trinajstić information content (AvgIpc) is 2.56. The lowest BCUT2D eigenvalue weighted by atomic mass is 9.71. The molecular weight excluding hydrogens is 362 g/mol. The summed E-state index contributed by atoms with van der Waals surface area (Å²) in [6, 6.07) is -0.0382. The Labute approximate surface area is 158 Å². The van der Waals surface area contributed by atoms with E-state index in [0.29, 0.717) is 45.3 Å². The molecule has 25 heavy (non-hydrogen) atoms. The van der Waals surface area contributed by atoms with Crippen molar-refractivity contribution < 1.29 is 13.2 Å². The van der Waals surface area contributed by atoms with Crippen molar-refractivity contribution in [3.8, 4) is 0 Å². The zero-order valence-corrected chi connectivity index (χ0v) is 17.0. The van der Waals surface area contributed by atoms with E-state index >= 15 is 0 Å². The number of sulfonamides is 1. The molecular formula is C17H34ClN3O3S. The predicted molar refractivity (Wildman–Crippen MR) is 103 cm³/mol. The van der Waals surface area contributed by atoms with Crippen LogP contribution in [0.25, 0.3) is 0 Å². The molecule has 0 atom stereocenters. The summed E-state index contributed by atoms with van der Waals surface area (Å²) in [6.45, 7) is 3.72. The lowest BCUT2D eigenvalue weighted by Crippen LogP contribution is -2.48. The maximum absolute atomic E-state index is 12.7. The largest absolute Gasteiger partial charge is 0.343 e. The second-order valence-corrected chi connectivity index (χ2v) is 9.41. The van der Waals surface area contributed by atoms with Crippen LogP contribution in [0.1, 0.15) is 64.7 Å². The average molecular weight is 396 g/mol. The highest BCUT2D eigenvalue weighted by molar-refractivity contribution is 7.89. The fraction of sp³-hybridized carbons (Fsp3) is 0.941. The number of nitrogens with zero attached hydrogens (tertiary/aromatic N) is 1. The standard InChI is InChI=1S/C17H33N3O3S.ClH/c1-2-12-24(22,23)19-15-6-10-20(11-7-15)16(21)13-17(14-18)8-4-3-5-9-17;/h15,19H,2-14,18H2,1H3;1H. The van der Waals surface area contributed by atoms with Gasteiger partial charge in [-0.3, -0.25) is 4.79 Å². The molecule has 8 heteroatoms. The smallest absolute Gasteiger partial charge is 0.223 e. The molecule has 1 aliphatic heterocycles. The summed E-state index contributed by atoms with van der Waals surface area (Å²) in [7, 11) is -3.18. The third-order valence-corrected chi connectivity index (χ3v) is 7.18. The molecule has 1 amide bonds. The van der Waals surface area contributed by atoms with E-state index in [2.05, 4.69) is 4.72 Å². The van der Waals surface area contributed by atoms with E-state index in [9.17, 15) is 13.2 Å². The van der Waals surface area contributed by atoms with Crippen LogP contribution in [-0.4, -0.2) is 50.7 Å². The molecule has 6 nitrogen and oxygen atoms in total. The Hall–Kier alpha value is -0.370. The Morgan fingerprint density at radius 2 is 1.80 bits per heavy atom. The van der Waals surface area contributed by atoms with Crippen molar-refractivity contribution in [3.63, 3.8) is 0 Å². The Morgan fingerprint density at radius 3 is 2.32 bits per heavy atom. The lowest BCUT2D eigenvalue weighted by molar-refractivity contribution is -0.135. The number of hydrogen-bond donors (Lipinski definition) is 2. The predicted octanol–water partition coefficient (Wildman–Crippen LogP) is 2.03. The number of amides is 1. The molecule has 2 fully saturated rings. The summed E-state index contributed by atoms with van der Waals surface area (Å²) in [5, 5.41) is 0. The van der Waals surface area contributed by atoms with Crippen molar-refractivity contribution in [1.29, 1.82) is 0 Å². The van der Waals surface area contributed by atoms with Crippen LogP contribution in [0.3, 0.4) is 0 Å². The van der Waals surface area contributed by atoms with Crippen molar-refractivity contribution in [3.05, 3.63) is 0 Å². The zero-order valence-electron chi connectivity index (χ0n) is 15.3. The van der Waals surface area contributed by atoms with Crippen LogP contribution in [0.5, 0.6) is 0 Å². The molecule has 1 aliphatic carbocycles. The van der Waals surface area contributed by atoms with Crippen LogP contribution in [0.15, 0.2) is 0 Å². The molecule has 1 saturated heterocycles. The van der Waals surface area contributed by atoms with Crippen LogP contribution in [0.2, 0.25) is 0 Å². The summed E-state index contributed by atoms with van der Waals surface area (Å²) >= 11 is 0. The summed E-state index contributed by atoms with van der Waals surface area (Å²) in [4.78, 5) is 14.6. The minimum Gasteiger partial charge on any atom is -0.343 e. The molecule has 148 valence electrons. The number of likely N-dealkylation sites (tertiary alicyclic amines) is 1. The van der Waals surface area contributed by atoms with Crippen molar-refractivity contribution >= 4 is 28.3 Å². The fourth-order valence-electron chi connectivity index (χ4n) is 4.02. The Bertz CT molecular complexity index is 513. The maximum atomic E-state index is 12.7. The third-order valence-electron chi connectivity index (χ3n) is 5.54. The lowest BCUT2D eigenvalue weighted by Gasteiger charge is -2.39. The van der Waals surface area contributed by atoms with Gasteiger partial charge in [0, 0.05) is 25.6 Å². The van der Waals surface area contributed by atoms with E-state index in [1.807, 2.05) is 11.8 Å². The fourth-order valence-corrected chi connectivity index (χ4v) is 5.41. The number of nitrogens with two attached hydrogens (primary N) is 1. The van der Waals surface area contributed by atoms with Crippen LogP contribution in [0, 0.1) is 5.41 Å². The first-order valence-corrected chi connectivity index (χ1v) is 11.0. The highest BCUT2D eigenvalue weighted by Crippen LogP contribution is 2.39. The Balaban J connectivity index is 0.00000312. The number of piperidine rings is 1.